The topological polar surface area (TPSA) is 56.1 Å². The highest BCUT2D eigenvalue weighted by molar-refractivity contribution is 5.92. The molecule has 1 fully saturated rings. The van der Waals surface area contributed by atoms with Crippen LogP contribution in [0.15, 0.2) is 18.2 Å². The highest BCUT2D eigenvalue weighted by Crippen LogP contribution is 2.34. The predicted octanol–water partition coefficient (Wildman–Crippen LogP) is 2.50. The van der Waals surface area contributed by atoms with E-state index in [1.165, 1.54) is 17.0 Å². The lowest BCUT2D eigenvalue weighted by atomic mass is 10.1. The normalized spacial score (nSPS) is 15.9. The fourth-order valence-corrected chi connectivity index (χ4v) is 1.91. The fraction of sp³-hybridized carbons (Fsp3) is 0.333. The van der Waals surface area contributed by atoms with Gasteiger partial charge >= 0.3 is 12.2 Å². The van der Waals surface area contributed by atoms with Crippen molar-refractivity contribution in [1.29, 1.82) is 5.26 Å². The van der Waals surface area contributed by atoms with E-state index in [9.17, 15) is 18.0 Å². The number of carbonyl (C=O) groups excluding carboxylic acids is 1. The van der Waals surface area contributed by atoms with Crippen LogP contribution in [0.5, 0.6) is 0 Å². The molecule has 19 heavy (non-hydrogen) atoms. The van der Waals surface area contributed by atoms with E-state index >= 15 is 0 Å². The molecule has 0 aromatic heterocycles. The van der Waals surface area contributed by atoms with Crippen LogP contribution in [0.25, 0.3) is 0 Å². The fourth-order valence-electron chi connectivity index (χ4n) is 1.91. The van der Waals surface area contributed by atoms with E-state index in [1.807, 2.05) is 0 Å². The number of hydrogen-bond donors (Lipinski definition) is 1. The summed E-state index contributed by atoms with van der Waals surface area (Å²) >= 11 is 0. The average Bonchev–Trinajstić information content (AvgIpc) is 2.37. The maximum absolute atomic E-state index is 12.8. The molecule has 1 aliphatic rings. The average molecular weight is 269 g/mol. The first kappa shape index (κ1) is 13.2. The highest BCUT2D eigenvalue weighted by atomic mass is 19.4. The molecule has 1 aromatic rings. The van der Waals surface area contributed by atoms with Gasteiger partial charge in [-0.25, -0.2) is 4.79 Å². The van der Waals surface area contributed by atoms with Gasteiger partial charge in [-0.15, -0.1) is 0 Å². The Morgan fingerprint density at radius 1 is 1.37 bits per heavy atom. The van der Waals surface area contributed by atoms with Crippen LogP contribution in [0.2, 0.25) is 0 Å². The molecule has 0 unspecified atom stereocenters. The third-order valence-corrected chi connectivity index (χ3v) is 2.82. The molecule has 1 aromatic carbocycles. The molecule has 1 aliphatic heterocycles. The van der Waals surface area contributed by atoms with Crippen LogP contribution in [0.4, 0.5) is 23.7 Å². The maximum atomic E-state index is 12.8. The van der Waals surface area contributed by atoms with Gasteiger partial charge in [-0.3, -0.25) is 4.90 Å². The molecule has 100 valence electrons. The van der Waals surface area contributed by atoms with Crippen molar-refractivity contribution in [3.8, 4) is 6.07 Å². The SMILES string of the molecule is N#Cc1ccc(N2CCCNC2=O)cc1C(F)(F)F. The summed E-state index contributed by atoms with van der Waals surface area (Å²) in [6, 6.07) is 4.34. The van der Waals surface area contributed by atoms with Gasteiger partial charge in [0.05, 0.1) is 17.2 Å². The molecule has 2 rings (SSSR count). The second-order valence-corrected chi connectivity index (χ2v) is 4.08. The number of nitriles is 1. The number of alkyl halides is 3. The minimum atomic E-state index is -4.62. The number of amides is 2. The summed E-state index contributed by atoms with van der Waals surface area (Å²) in [7, 11) is 0. The van der Waals surface area contributed by atoms with E-state index in [2.05, 4.69) is 5.32 Å². The van der Waals surface area contributed by atoms with Crippen molar-refractivity contribution in [2.24, 2.45) is 0 Å². The third kappa shape index (κ3) is 2.62. The van der Waals surface area contributed by atoms with Crippen LogP contribution in [0, 0.1) is 11.3 Å². The van der Waals surface area contributed by atoms with Crippen molar-refractivity contribution in [2.45, 2.75) is 12.6 Å². The second kappa shape index (κ2) is 4.80. The Morgan fingerprint density at radius 2 is 2.11 bits per heavy atom. The molecule has 2 amide bonds. The van der Waals surface area contributed by atoms with Crippen LogP contribution in [-0.4, -0.2) is 19.1 Å². The number of rotatable bonds is 1. The molecule has 0 spiro atoms. The molecule has 7 heteroatoms. The summed E-state index contributed by atoms with van der Waals surface area (Å²) in [6.07, 6.45) is -3.96. The van der Waals surface area contributed by atoms with Gasteiger partial charge in [0.2, 0.25) is 0 Å². The first-order valence-corrected chi connectivity index (χ1v) is 5.60. The molecule has 0 radical (unpaired) electrons. The molecule has 1 heterocycles. The van der Waals surface area contributed by atoms with Crippen LogP contribution in [0.1, 0.15) is 17.5 Å². The maximum Gasteiger partial charge on any atom is 0.417 e. The van der Waals surface area contributed by atoms with Gasteiger partial charge in [0, 0.05) is 18.8 Å². The molecule has 0 aliphatic carbocycles. The summed E-state index contributed by atoms with van der Waals surface area (Å²) in [4.78, 5) is 12.8. The van der Waals surface area contributed by atoms with Crippen molar-refractivity contribution in [3.05, 3.63) is 29.3 Å². The van der Waals surface area contributed by atoms with E-state index in [1.54, 1.807) is 0 Å². The van der Waals surface area contributed by atoms with E-state index < -0.39 is 23.3 Å². The number of hydrogen-bond acceptors (Lipinski definition) is 2. The van der Waals surface area contributed by atoms with Crippen molar-refractivity contribution in [3.63, 3.8) is 0 Å². The minimum absolute atomic E-state index is 0.142. The van der Waals surface area contributed by atoms with Gasteiger partial charge in [0.25, 0.3) is 0 Å². The number of urea groups is 1. The Bertz CT molecular complexity index is 548. The van der Waals surface area contributed by atoms with Gasteiger partial charge in [-0.2, -0.15) is 18.4 Å². The first-order chi connectivity index (χ1) is 8.93. The number of nitrogens with one attached hydrogen (secondary N) is 1. The molecular formula is C12H10F3N3O. The molecule has 0 atom stereocenters. The summed E-state index contributed by atoms with van der Waals surface area (Å²) < 4.78 is 38.4. The number of anilines is 1. The summed E-state index contributed by atoms with van der Waals surface area (Å²) in [5, 5.41) is 11.3. The Hall–Kier alpha value is -2.23. The lowest BCUT2D eigenvalue weighted by molar-refractivity contribution is -0.137. The molecule has 4 nitrogen and oxygen atoms in total. The Balaban J connectivity index is 2.43. The largest absolute Gasteiger partial charge is 0.417 e. The predicted molar refractivity (Wildman–Crippen MR) is 61.5 cm³/mol. The number of benzene rings is 1. The molecular weight excluding hydrogens is 259 g/mol. The van der Waals surface area contributed by atoms with E-state index in [0.29, 0.717) is 19.5 Å². The van der Waals surface area contributed by atoms with E-state index in [0.717, 1.165) is 12.1 Å². The standard InChI is InChI=1S/C12H10F3N3O/c13-12(14,15)10-6-9(3-2-8(10)7-16)18-5-1-4-17-11(18)19/h2-3,6H,1,4-5H2,(H,17,19). The minimum Gasteiger partial charge on any atom is -0.338 e. The zero-order valence-corrected chi connectivity index (χ0v) is 9.79. The Labute approximate surface area is 107 Å². The van der Waals surface area contributed by atoms with Gasteiger partial charge in [0.15, 0.2) is 0 Å². The molecule has 1 saturated heterocycles. The monoisotopic (exact) mass is 269 g/mol. The zero-order valence-electron chi connectivity index (χ0n) is 9.79. The quantitative estimate of drug-likeness (QED) is 0.851. The van der Waals surface area contributed by atoms with Crippen molar-refractivity contribution in [1.82, 2.24) is 5.32 Å². The summed E-state index contributed by atoms with van der Waals surface area (Å²) in [6.45, 7) is 0.868. The molecule has 1 N–H and O–H groups in total. The van der Waals surface area contributed by atoms with Gasteiger partial charge in [0.1, 0.15) is 0 Å². The van der Waals surface area contributed by atoms with E-state index in [-0.39, 0.29) is 5.69 Å². The third-order valence-electron chi connectivity index (χ3n) is 2.82. The Morgan fingerprint density at radius 3 is 2.68 bits per heavy atom. The van der Waals surface area contributed by atoms with Crippen LogP contribution < -0.4 is 10.2 Å². The first-order valence-electron chi connectivity index (χ1n) is 5.60. The van der Waals surface area contributed by atoms with Crippen LogP contribution in [0.3, 0.4) is 0 Å². The number of nitrogens with zero attached hydrogens (tertiary/aromatic N) is 2. The van der Waals surface area contributed by atoms with Crippen molar-refractivity contribution in [2.75, 3.05) is 18.0 Å². The highest BCUT2D eigenvalue weighted by Gasteiger charge is 2.34. The number of carbonyl (C=O) groups is 1. The van der Waals surface area contributed by atoms with Gasteiger partial charge in [-0.1, -0.05) is 0 Å². The molecule has 0 bridgehead atoms. The zero-order chi connectivity index (χ0) is 14.0. The van der Waals surface area contributed by atoms with Crippen molar-refractivity contribution >= 4 is 11.7 Å². The van der Waals surface area contributed by atoms with E-state index in [4.69, 9.17) is 5.26 Å². The second-order valence-electron chi connectivity index (χ2n) is 4.08. The van der Waals surface area contributed by atoms with Crippen molar-refractivity contribution < 1.29 is 18.0 Å². The summed E-state index contributed by atoms with van der Waals surface area (Å²) in [5.74, 6) is 0. The lowest BCUT2D eigenvalue weighted by Gasteiger charge is -2.28. The van der Waals surface area contributed by atoms with Crippen LogP contribution in [-0.2, 0) is 6.18 Å². The summed E-state index contributed by atoms with van der Waals surface area (Å²) in [5.41, 5.74) is -1.33. The smallest absolute Gasteiger partial charge is 0.338 e. The number of halogens is 3. The van der Waals surface area contributed by atoms with Gasteiger partial charge < -0.3 is 5.32 Å². The van der Waals surface area contributed by atoms with Crippen LogP contribution >= 0.6 is 0 Å². The lowest BCUT2D eigenvalue weighted by Crippen LogP contribution is -2.46. The Kier molecular flexibility index (Phi) is 3.34. The van der Waals surface area contributed by atoms with Gasteiger partial charge in [-0.05, 0) is 24.6 Å². The molecule has 0 saturated carbocycles.